The van der Waals surface area contributed by atoms with Crippen molar-refractivity contribution in [1.29, 1.82) is 0 Å². The van der Waals surface area contributed by atoms with Gasteiger partial charge in [-0.3, -0.25) is 14.6 Å². The van der Waals surface area contributed by atoms with Gasteiger partial charge in [0, 0.05) is 61.1 Å². The highest BCUT2D eigenvalue weighted by Gasteiger charge is 2.20. The fraction of sp³-hybridized carbons (Fsp3) is 0.278. The van der Waals surface area contributed by atoms with Crippen LogP contribution < -0.4 is 4.90 Å². The molecule has 3 rings (SSSR count). The Morgan fingerprint density at radius 1 is 1.09 bits per heavy atom. The number of pyridine rings is 1. The number of carbonyl (C=O) groups is 2. The SMILES string of the molecule is CC(=O)C=CC(=O)N1CCN(c2cccc3cnccc23)CC1. The fourth-order valence-corrected chi connectivity index (χ4v) is 2.84. The number of benzene rings is 1. The van der Waals surface area contributed by atoms with Gasteiger partial charge in [-0.15, -0.1) is 0 Å². The Morgan fingerprint density at radius 3 is 2.61 bits per heavy atom. The first-order valence-corrected chi connectivity index (χ1v) is 7.70. The largest absolute Gasteiger partial charge is 0.367 e. The van der Waals surface area contributed by atoms with Crippen molar-refractivity contribution in [2.45, 2.75) is 6.92 Å². The van der Waals surface area contributed by atoms with Crippen LogP contribution in [0.1, 0.15) is 6.92 Å². The number of piperazine rings is 1. The third kappa shape index (κ3) is 3.39. The van der Waals surface area contributed by atoms with Crippen LogP contribution in [0.5, 0.6) is 0 Å². The molecule has 0 N–H and O–H groups in total. The summed E-state index contributed by atoms with van der Waals surface area (Å²) in [6, 6.07) is 8.22. The molecule has 1 fully saturated rings. The number of hydrogen-bond donors (Lipinski definition) is 0. The van der Waals surface area contributed by atoms with Crippen molar-refractivity contribution in [3.63, 3.8) is 0 Å². The van der Waals surface area contributed by atoms with Crippen molar-refractivity contribution in [3.05, 3.63) is 48.8 Å². The van der Waals surface area contributed by atoms with Gasteiger partial charge in [0.1, 0.15) is 0 Å². The Kier molecular flexibility index (Phi) is 4.37. The lowest BCUT2D eigenvalue weighted by Gasteiger charge is -2.36. The summed E-state index contributed by atoms with van der Waals surface area (Å²) in [4.78, 5) is 31.2. The Bertz CT molecular complexity index is 756. The van der Waals surface area contributed by atoms with Crippen molar-refractivity contribution < 1.29 is 9.59 Å². The van der Waals surface area contributed by atoms with Crippen LogP contribution in [0, 0.1) is 0 Å². The third-order valence-corrected chi connectivity index (χ3v) is 4.05. The molecule has 1 aromatic heterocycles. The van der Waals surface area contributed by atoms with Crippen LogP contribution in [0.4, 0.5) is 5.69 Å². The summed E-state index contributed by atoms with van der Waals surface area (Å²) < 4.78 is 0. The number of hydrogen-bond acceptors (Lipinski definition) is 4. The minimum Gasteiger partial charge on any atom is -0.367 e. The molecule has 0 unspecified atom stereocenters. The lowest BCUT2D eigenvalue weighted by atomic mass is 10.1. The van der Waals surface area contributed by atoms with Crippen LogP contribution in [-0.2, 0) is 9.59 Å². The standard InChI is InChI=1S/C18H19N3O2/c1-14(22)5-6-18(23)21-11-9-20(10-12-21)17-4-2-3-15-13-19-8-7-16(15)17/h2-8,13H,9-12H2,1H3. The second-order valence-corrected chi connectivity index (χ2v) is 5.63. The number of ketones is 1. The summed E-state index contributed by atoms with van der Waals surface area (Å²) in [5.74, 6) is -0.205. The molecule has 1 aliphatic rings. The second-order valence-electron chi connectivity index (χ2n) is 5.63. The normalized spacial score (nSPS) is 15.3. The van der Waals surface area contributed by atoms with Crippen LogP contribution in [0.3, 0.4) is 0 Å². The Hall–Kier alpha value is -2.69. The molecule has 118 valence electrons. The van der Waals surface area contributed by atoms with Crippen molar-refractivity contribution in [2.75, 3.05) is 31.1 Å². The van der Waals surface area contributed by atoms with Crippen LogP contribution in [-0.4, -0.2) is 47.8 Å². The second kappa shape index (κ2) is 6.60. The van der Waals surface area contributed by atoms with Crippen molar-refractivity contribution in [1.82, 2.24) is 9.88 Å². The monoisotopic (exact) mass is 309 g/mol. The predicted molar refractivity (Wildman–Crippen MR) is 90.4 cm³/mol. The molecular formula is C18H19N3O2. The van der Waals surface area contributed by atoms with Gasteiger partial charge in [-0.1, -0.05) is 12.1 Å². The maximum atomic E-state index is 12.0. The molecule has 1 aromatic carbocycles. The van der Waals surface area contributed by atoms with Gasteiger partial charge >= 0.3 is 0 Å². The van der Waals surface area contributed by atoms with Crippen molar-refractivity contribution in [2.24, 2.45) is 0 Å². The minimum atomic E-state index is -0.110. The lowest BCUT2D eigenvalue weighted by Crippen LogP contribution is -2.48. The first kappa shape index (κ1) is 15.2. The van der Waals surface area contributed by atoms with Gasteiger partial charge in [-0.25, -0.2) is 0 Å². The van der Waals surface area contributed by atoms with Gasteiger partial charge in [0.2, 0.25) is 5.91 Å². The van der Waals surface area contributed by atoms with E-state index in [0.717, 1.165) is 18.5 Å². The number of nitrogens with zero attached hydrogens (tertiary/aromatic N) is 3. The van der Waals surface area contributed by atoms with E-state index in [4.69, 9.17) is 0 Å². The van der Waals surface area contributed by atoms with Gasteiger partial charge < -0.3 is 9.80 Å². The lowest BCUT2D eigenvalue weighted by molar-refractivity contribution is -0.126. The molecule has 23 heavy (non-hydrogen) atoms. The van der Waals surface area contributed by atoms with Crippen LogP contribution in [0.25, 0.3) is 10.8 Å². The van der Waals surface area contributed by atoms with Gasteiger partial charge in [-0.05, 0) is 25.1 Å². The smallest absolute Gasteiger partial charge is 0.246 e. The zero-order valence-electron chi connectivity index (χ0n) is 13.1. The van der Waals surface area contributed by atoms with Gasteiger partial charge in [0.15, 0.2) is 5.78 Å². The Labute approximate surface area is 135 Å². The molecule has 2 aromatic rings. The summed E-state index contributed by atoms with van der Waals surface area (Å²) in [7, 11) is 0. The van der Waals surface area contributed by atoms with E-state index >= 15 is 0 Å². The maximum Gasteiger partial charge on any atom is 0.246 e. The van der Waals surface area contributed by atoms with Gasteiger partial charge in [0.25, 0.3) is 0 Å². The molecule has 0 radical (unpaired) electrons. The first-order valence-electron chi connectivity index (χ1n) is 7.70. The Morgan fingerprint density at radius 2 is 1.87 bits per heavy atom. The number of fused-ring (bicyclic) bond motifs is 1. The zero-order valence-corrected chi connectivity index (χ0v) is 13.1. The number of allylic oxidation sites excluding steroid dienone is 1. The molecule has 0 spiro atoms. The highest BCUT2D eigenvalue weighted by atomic mass is 16.2. The van der Waals surface area contributed by atoms with Crippen molar-refractivity contribution in [3.8, 4) is 0 Å². The highest BCUT2D eigenvalue weighted by molar-refractivity contribution is 5.97. The summed E-state index contributed by atoms with van der Waals surface area (Å²) in [6.07, 6.45) is 6.36. The molecule has 1 aliphatic heterocycles. The number of amides is 1. The average molecular weight is 309 g/mol. The summed E-state index contributed by atoms with van der Waals surface area (Å²) >= 11 is 0. The topological polar surface area (TPSA) is 53.5 Å². The molecule has 1 saturated heterocycles. The number of rotatable bonds is 3. The van der Waals surface area contributed by atoms with E-state index in [0.29, 0.717) is 13.1 Å². The molecule has 5 heteroatoms. The predicted octanol–water partition coefficient (Wildman–Crippen LogP) is 2.03. The van der Waals surface area contributed by atoms with E-state index in [-0.39, 0.29) is 11.7 Å². The van der Waals surface area contributed by atoms with E-state index in [1.165, 1.54) is 30.1 Å². The van der Waals surface area contributed by atoms with Gasteiger partial charge in [-0.2, -0.15) is 0 Å². The van der Waals surface area contributed by atoms with Gasteiger partial charge in [0.05, 0.1) is 0 Å². The maximum absolute atomic E-state index is 12.0. The van der Waals surface area contributed by atoms with Crippen LogP contribution in [0.2, 0.25) is 0 Å². The third-order valence-electron chi connectivity index (χ3n) is 4.05. The summed E-state index contributed by atoms with van der Waals surface area (Å²) in [5.41, 5.74) is 1.18. The first-order chi connectivity index (χ1) is 11.1. The van der Waals surface area contributed by atoms with Crippen LogP contribution in [0.15, 0.2) is 48.8 Å². The number of carbonyl (C=O) groups excluding carboxylic acids is 2. The average Bonchev–Trinajstić information content (AvgIpc) is 2.59. The van der Waals surface area contributed by atoms with E-state index in [1.807, 2.05) is 18.3 Å². The quantitative estimate of drug-likeness (QED) is 0.814. The van der Waals surface area contributed by atoms with Crippen molar-refractivity contribution >= 4 is 28.2 Å². The molecular weight excluding hydrogens is 290 g/mol. The summed E-state index contributed by atoms with van der Waals surface area (Å²) in [5, 5.41) is 2.30. The molecule has 2 heterocycles. The molecule has 0 atom stereocenters. The van der Waals surface area contributed by atoms with E-state index in [1.54, 1.807) is 11.1 Å². The molecule has 0 bridgehead atoms. The molecule has 5 nitrogen and oxygen atoms in total. The zero-order chi connectivity index (χ0) is 16.2. The Balaban J connectivity index is 1.71. The molecule has 0 saturated carbocycles. The molecule has 0 aliphatic carbocycles. The van der Waals surface area contributed by atoms with E-state index in [9.17, 15) is 9.59 Å². The number of aromatic nitrogens is 1. The van der Waals surface area contributed by atoms with E-state index in [2.05, 4.69) is 22.0 Å². The fourth-order valence-electron chi connectivity index (χ4n) is 2.84. The van der Waals surface area contributed by atoms with E-state index < -0.39 is 0 Å². The summed E-state index contributed by atoms with van der Waals surface area (Å²) in [6.45, 7) is 4.31. The highest BCUT2D eigenvalue weighted by Crippen LogP contribution is 2.26. The molecule has 1 amide bonds. The minimum absolute atomic E-state index is 0.0954. The number of anilines is 1. The van der Waals surface area contributed by atoms with Crippen LogP contribution >= 0.6 is 0 Å².